The zero-order chi connectivity index (χ0) is 18.5. The molecule has 0 saturated carbocycles. The van der Waals surface area contributed by atoms with Gasteiger partial charge in [0.05, 0.1) is 34.2 Å². The van der Waals surface area contributed by atoms with Gasteiger partial charge in [0.1, 0.15) is 5.75 Å². The fourth-order valence-corrected chi connectivity index (χ4v) is 3.87. The molecule has 0 aliphatic rings. The molecule has 0 aliphatic heterocycles. The second kappa shape index (κ2) is 8.38. The lowest BCUT2D eigenvalue weighted by Crippen LogP contribution is -1.97. The third kappa shape index (κ3) is 4.26. The Kier molecular flexibility index (Phi) is 5.96. The zero-order valence-electron chi connectivity index (χ0n) is 14.3. The molecule has 3 aromatic carbocycles. The summed E-state index contributed by atoms with van der Waals surface area (Å²) in [6.45, 7) is 2.00. The van der Waals surface area contributed by atoms with Crippen molar-refractivity contribution in [1.82, 2.24) is 0 Å². The van der Waals surface area contributed by atoms with Crippen LogP contribution in [0.1, 0.15) is 5.56 Å². The number of hydrogen-bond donors (Lipinski definition) is 0. The van der Waals surface area contributed by atoms with Crippen molar-refractivity contribution in [3.63, 3.8) is 0 Å². The molecular formula is C20H17BrN2O2S. The van der Waals surface area contributed by atoms with Gasteiger partial charge in [-0.05, 0) is 65.3 Å². The van der Waals surface area contributed by atoms with Gasteiger partial charge < -0.3 is 4.74 Å². The normalized spacial score (nSPS) is 12.3. The topological polar surface area (TPSA) is 51.0 Å². The molecule has 1 unspecified atom stereocenters. The van der Waals surface area contributed by atoms with Crippen LogP contribution in [-0.4, -0.2) is 11.3 Å². The van der Waals surface area contributed by atoms with Gasteiger partial charge in [0.15, 0.2) is 0 Å². The number of rotatable bonds is 5. The molecule has 0 N–H and O–H groups in total. The molecule has 3 aromatic rings. The first-order valence-electron chi connectivity index (χ1n) is 7.91. The van der Waals surface area contributed by atoms with Crippen LogP contribution in [0.15, 0.2) is 91.2 Å². The molecule has 0 fully saturated rings. The van der Waals surface area contributed by atoms with E-state index in [0.29, 0.717) is 21.2 Å². The Labute approximate surface area is 163 Å². The van der Waals surface area contributed by atoms with Gasteiger partial charge in [0, 0.05) is 9.37 Å². The summed E-state index contributed by atoms with van der Waals surface area (Å²) in [7, 11) is 0.198. The average molecular weight is 429 g/mol. The molecule has 0 amide bonds. The van der Waals surface area contributed by atoms with Crippen molar-refractivity contribution in [2.24, 2.45) is 10.2 Å². The van der Waals surface area contributed by atoms with E-state index in [4.69, 9.17) is 4.74 Å². The van der Waals surface area contributed by atoms with E-state index < -0.39 is 10.8 Å². The van der Waals surface area contributed by atoms with Gasteiger partial charge in [-0.3, -0.25) is 0 Å². The molecule has 1 atom stereocenters. The van der Waals surface area contributed by atoms with Gasteiger partial charge in [-0.25, -0.2) is 4.21 Å². The predicted octanol–water partition coefficient (Wildman–Crippen LogP) is 6.35. The van der Waals surface area contributed by atoms with Gasteiger partial charge in [-0.2, -0.15) is 5.11 Å². The highest BCUT2D eigenvalue weighted by atomic mass is 79.9. The molecule has 3 rings (SSSR count). The fourth-order valence-electron chi connectivity index (χ4n) is 2.31. The van der Waals surface area contributed by atoms with Crippen molar-refractivity contribution in [1.29, 1.82) is 0 Å². The van der Waals surface area contributed by atoms with Crippen LogP contribution in [0.2, 0.25) is 0 Å². The minimum Gasteiger partial charge on any atom is -0.495 e. The molecule has 0 aromatic heterocycles. The molecule has 0 saturated heterocycles. The van der Waals surface area contributed by atoms with E-state index in [1.807, 2.05) is 55.5 Å². The lowest BCUT2D eigenvalue weighted by Gasteiger charge is -2.09. The smallest absolute Gasteiger partial charge is 0.135 e. The minimum absolute atomic E-state index is 0.559. The maximum atomic E-state index is 13.0. The molecule has 0 heterocycles. The van der Waals surface area contributed by atoms with E-state index >= 15 is 0 Å². The van der Waals surface area contributed by atoms with Crippen molar-refractivity contribution in [2.45, 2.75) is 16.7 Å². The summed E-state index contributed by atoms with van der Waals surface area (Å²) in [5.41, 5.74) is 2.45. The summed E-state index contributed by atoms with van der Waals surface area (Å²) < 4.78 is 19.2. The molecule has 6 heteroatoms. The van der Waals surface area contributed by atoms with E-state index in [1.165, 1.54) is 0 Å². The summed E-state index contributed by atoms with van der Waals surface area (Å²) in [5.74, 6) is 0.559. The number of nitrogens with zero attached hydrogens (tertiary/aromatic N) is 2. The van der Waals surface area contributed by atoms with Crippen molar-refractivity contribution < 1.29 is 8.95 Å². The van der Waals surface area contributed by atoms with E-state index in [2.05, 4.69) is 26.2 Å². The van der Waals surface area contributed by atoms with Gasteiger partial charge in [-0.15, -0.1) is 5.11 Å². The van der Waals surface area contributed by atoms with E-state index in [-0.39, 0.29) is 0 Å². The van der Waals surface area contributed by atoms with E-state index in [0.717, 1.165) is 15.7 Å². The van der Waals surface area contributed by atoms with Crippen LogP contribution in [0.25, 0.3) is 0 Å². The SMILES string of the molecule is COc1ccc(N=Nc2ccccc2Br)cc1S(=O)c1ccc(C)cc1. The van der Waals surface area contributed by atoms with Gasteiger partial charge >= 0.3 is 0 Å². The highest BCUT2D eigenvalue weighted by Crippen LogP contribution is 2.32. The van der Waals surface area contributed by atoms with Crippen LogP contribution >= 0.6 is 15.9 Å². The minimum atomic E-state index is -1.37. The number of halogens is 1. The first-order chi connectivity index (χ1) is 12.6. The average Bonchev–Trinajstić information content (AvgIpc) is 2.67. The summed E-state index contributed by atoms with van der Waals surface area (Å²) >= 11 is 3.44. The first kappa shape index (κ1) is 18.5. The van der Waals surface area contributed by atoms with Gasteiger partial charge in [0.2, 0.25) is 0 Å². The standard InChI is InChI=1S/C20H17BrN2O2S/c1-14-7-10-16(11-8-14)26(24)20-13-15(9-12-19(20)25-2)22-23-18-6-4-3-5-17(18)21/h3-13H,1-2H3. The molecule has 4 nitrogen and oxygen atoms in total. The molecule has 0 spiro atoms. The van der Waals surface area contributed by atoms with Crippen LogP contribution < -0.4 is 4.74 Å². The monoisotopic (exact) mass is 428 g/mol. The van der Waals surface area contributed by atoms with E-state index in [9.17, 15) is 4.21 Å². The lowest BCUT2D eigenvalue weighted by molar-refractivity contribution is 0.404. The fraction of sp³-hybridized carbons (Fsp3) is 0.100. The van der Waals surface area contributed by atoms with Crippen molar-refractivity contribution in [3.8, 4) is 5.75 Å². The Bertz CT molecular complexity index is 972. The summed E-state index contributed by atoms with van der Waals surface area (Å²) in [4.78, 5) is 1.29. The molecular weight excluding hydrogens is 412 g/mol. The second-order valence-electron chi connectivity index (χ2n) is 5.57. The zero-order valence-corrected chi connectivity index (χ0v) is 16.8. The number of aryl methyl sites for hydroxylation is 1. The van der Waals surface area contributed by atoms with Crippen LogP contribution in [0.5, 0.6) is 5.75 Å². The predicted molar refractivity (Wildman–Crippen MR) is 107 cm³/mol. The third-order valence-corrected chi connectivity index (χ3v) is 5.80. The Morgan fingerprint density at radius 2 is 1.69 bits per heavy atom. The number of hydrogen-bond acceptors (Lipinski definition) is 4. The van der Waals surface area contributed by atoms with Crippen molar-refractivity contribution in [3.05, 3.63) is 76.8 Å². The molecule has 0 radical (unpaired) electrons. The van der Waals surface area contributed by atoms with Crippen LogP contribution in [0, 0.1) is 6.92 Å². The number of benzene rings is 3. The van der Waals surface area contributed by atoms with Crippen LogP contribution in [0.3, 0.4) is 0 Å². The number of azo groups is 1. The van der Waals surface area contributed by atoms with Crippen molar-refractivity contribution >= 4 is 38.1 Å². The lowest BCUT2D eigenvalue weighted by atomic mass is 10.2. The Balaban J connectivity index is 1.95. The molecule has 0 aliphatic carbocycles. The van der Waals surface area contributed by atoms with Gasteiger partial charge in [-0.1, -0.05) is 29.8 Å². The highest BCUT2D eigenvalue weighted by Gasteiger charge is 2.14. The number of methoxy groups -OCH3 is 1. The molecule has 26 heavy (non-hydrogen) atoms. The van der Waals surface area contributed by atoms with E-state index in [1.54, 1.807) is 25.3 Å². The van der Waals surface area contributed by atoms with Crippen LogP contribution in [-0.2, 0) is 10.8 Å². The number of ether oxygens (including phenoxy) is 1. The summed E-state index contributed by atoms with van der Waals surface area (Å²) in [5, 5.41) is 8.52. The maximum Gasteiger partial charge on any atom is 0.135 e. The first-order valence-corrected chi connectivity index (χ1v) is 9.85. The van der Waals surface area contributed by atoms with Crippen LogP contribution in [0.4, 0.5) is 11.4 Å². The highest BCUT2D eigenvalue weighted by molar-refractivity contribution is 9.10. The summed E-state index contributed by atoms with van der Waals surface area (Å²) in [6.07, 6.45) is 0. The Hall–Kier alpha value is -2.31. The Morgan fingerprint density at radius 3 is 2.38 bits per heavy atom. The molecule has 132 valence electrons. The summed E-state index contributed by atoms with van der Waals surface area (Å²) in [6, 6.07) is 20.5. The quantitative estimate of drug-likeness (QED) is 0.444. The Morgan fingerprint density at radius 1 is 0.962 bits per heavy atom. The van der Waals surface area contributed by atoms with Gasteiger partial charge in [0.25, 0.3) is 0 Å². The maximum absolute atomic E-state index is 13.0. The second-order valence-corrected chi connectivity index (χ2v) is 7.87. The molecule has 0 bridgehead atoms. The van der Waals surface area contributed by atoms with Crippen molar-refractivity contribution in [2.75, 3.05) is 7.11 Å². The third-order valence-electron chi connectivity index (χ3n) is 3.71. The largest absolute Gasteiger partial charge is 0.495 e.